The molecule has 0 aliphatic rings. The van der Waals surface area contributed by atoms with Gasteiger partial charge in [0.1, 0.15) is 5.75 Å². The molecule has 0 aliphatic carbocycles. The Kier molecular flexibility index (Phi) is 3.62. The molecule has 0 saturated heterocycles. The van der Waals surface area contributed by atoms with Crippen LogP contribution in [0.25, 0.3) is 0 Å². The molecular weight excluding hydrogens is 230 g/mol. The minimum atomic E-state index is -0.0787. The average Bonchev–Trinajstić information content (AvgIpc) is 2.72. The minimum absolute atomic E-state index is 0.0787. The number of nitrogens with two attached hydrogens (primary N) is 1. The summed E-state index contributed by atoms with van der Waals surface area (Å²) in [5.74, 6) is 1.83. The van der Waals surface area contributed by atoms with Crippen molar-refractivity contribution in [3.63, 3.8) is 0 Å². The Morgan fingerprint density at radius 1 is 1.39 bits per heavy atom. The highest BCUT2D eigenvalue weighted by molar-refractivity contribution is 5.38. The van der Waals surface area contributed by atoms with Gasteiger partial charge in [-0.2, -0.15) is 4.98 Å². The first-order valence-electron chi connectivity index (χ1n) is 5.84. The molecule has 0 radical (unpaired) electrons. The lowest BCUT2D eigenvalue weighted by Crippen LogP contribution is -2.08. The van der Waals surface area contributed by atoms with E-state index in [0.717, 1.165) is 16.9 Å². The van der Waals surface area contributed by atoms with Gasteiger partial charge in [0.25, 0.3) is 5.89 Å². The molecule has 18 heavy (non-hydrogen) atoms. The first-order chi connectivity index (χ1) is 8.56. The van der Waals surface area contributed by atoms with Crippen LogP contribution in [-0.4, -0.2) is 10.1 Å². The Bertz CT molecular complexity index is 535. The van der Waals surface area contributed by atoms with Crippen molar-refractivity contribution in [3.8, 4) is 5.75 Å². The highest BCUT2D eigenvalue weighted by atomic mass is 16.5. The SMILES string of the molecule is Cc1ccc([C@H](C)N)c(OCc2nc(C)no2)c1. The van der Waals surface area contributed by atoms with Gasteiger partial charge in [-0.1, -0.05) is 17.3 Å². The maximum atomic E-state index is 5.91. The molecule has 0 unspecified atom stereocenters. The third kappa shape index (κ3) is 2.87. The van der Waals surface area contributed by atoms with Crippen LogP contribution in [0.4, 0.5) is 0 Å². The summed E-state index contributed by atoms with van der Waals surface area (Å²) in [5, 5.41) is 3.71. The van der Waals surface area contributed by atoms with Crippen LogP contribution < -0.4 is 10.5 Å². The predicted molar refractivity (Wildman–Crippen MR) is 67.1 cm³/mol. The average molecular weight is 247 g/mol. The summed E-state index contributed by atoms with van der Waals surface area (Å²) in [5.41, 5.74) is 8.00. The van der Waals surface area contributed by atoms with Crippen molar-refractivity contribution in [2.24, 2.45) is 5.73 Å². The van der Waals surface area contributed by atoms with Gasteiger partial charge in [0.2, 0.25) is 0 Å². The van der Waals surface area contributed by atoms with Crippen LogP contribution in [0.2, 0.25) is 0 Å². The molecule has 5 nitrogen and oxygen atoms in total. The van der Waals surface area contributed by atoms with E-state index in [1.807, 2.05) is 32.0 Å². The van der Waals surface area contributed by atoms with Crippen molar-refractivity contribution in [2.45, 2.75) is 33.4 Å². The zero-order chi connectivity index (χ0) is 13.1. The zero-order valence-electron chi connectivity index (χ0n) is 10.8. The third-order valence-electron chi connectivity index (χ3n) is 2.58. The highest BCUT2D eigenvalue weighted by Crippen LogP contribution is 2.25. The first-order valence-corrected chi connectivity index (χ1v) is 5.84. The van der Waals surface area contributed by atoms with Gasteiger partial charge < -0.3 is 15.0 Å². The smallest absolute Gasteiger partial charge is 0.264 e. The van der Waals surface area contributed by atoms with Crippen LogP contribution in [0.15, 0.2) is 22.7 Å². The molecule has 1 aromatic heterocycles. The van der Waals surface area contributed by atoms with Gasteiger partial charge in [0, 0.05) is 11.6 Å². The molecular formula is C13H17N3O2. The summed E-state index contributed by atoms with van der Waals surface area (Å²) in [4.78, 5) is 4.09. The number of hydrogen-bond acceptors (Lipinski definition) is 5. The largest absolute Gasteiger partial charge is 0.483 e. The van der Waals surface area contributed by atoms with Crippen molar-refractivity contribution >= 4 is 0 Å². The van der Waals surface area contributed by atoms with E-state index in [1.54, 1.807) is 6.92 Å². The Balaban J connectivity index is 2.15. The lowest BCUT2D eigenvalue weighted by molar-refractivity contribution is 0.240. The van der Waals surface area contributed by atoms with Crippen molar-refractivity contribution in [2.75, 3.05) is 0 Å². The van der Waals surface area contributed by atoms with Crippen LogP contribution in [0.5, 0.6) is 5.75 Å². The van der Waals surface area contributed by atoms with Gasteiger partial charge in [-0.25, -0.2) is 0 Å². The predicted octanol–water partition coefficient (Wildman–Crippen LogP) is 2.29. The van der Waals surface area contributed by atoms with Gasteiger partial charge in [-0.15, -0.1) is 0 Å². The Morgan fingerprint density at radius 2 is 2.17 bits per heavy atom. The molecule has 0 amide bonds. The van der Waals surface area contributed by atoms with Gasteiger partial charge in [0.05, 0.1) is 0 Å². The molecule has 2 rings (SSSR count). The van der Waals surface area contributed by atoms with Crippen molar-refractivity contribution in [3.05, 3.63) is 41.0 Å². The minimum Gasteiger partial charge on any atom is -0.483 e. The van der Waals surface area contributed by atoms with Gasteiger partial charge in [-0.3, -0.25) is 0 Å². The second-order valence-corrected chi connectivity index (χ2v) is 4.35. The molecule has 1 heterocycles. The fraction of sp³-hybridized carbons (Fsp3) is 0.385. The first kappa shape index (κ1) is 12.6. The van der Waals surface area contributed by atoms with Crippen LogP contribution in [0, 0.1) is 13.8 Å². The molecule has 1 atom stereocenters. The summed E-state index contributed by atoms with van der Waals surface area (Å²) in [6, 6.07) is 5.88. The summed E-state index contributed by atoms with van der Waals surface area (Å²) in [7, 11) is 0. The van der Waals surface area contributed by atoms with E-state index < -0.39 is 0 Å². The van der Waals surface area contributed by atoms with Crippen LogP contribution >= 0.6 is 0 Å². The number of rotatable bonds is 4. The Morgan fingerprint density at radius 3 is 2.78 bits per heavy atom. The molecule has 2 N–H and O–H groups in total. The summed E-state index contributed by atoms with van der Waals surface area (Å²) >= 11 is 0. The van der Waals surface area contributed by atoms with Gasteiger partial charge >= 0.3 is 0 Å². The van der Waals surface area contributed by atoms with Gasteiger partial charge in [-0.05, 0) is 32.4 Å². The molecule has 5 heteroatoms. The normalized spacial score (nSPS) is 12.4. The van der Waals surface area contributed by atoms with Crippen LogP contribution in [-0.2, 0) is 6.61 Å². The van der Waals surface area contributed by atoms with E-state index in [9.17, 15) is 0 Å². The number of benzene rings is 1. The van der Waals surface area contributed by atoms with Crippen molar-refractivity contribution in [1.29, 1.82) is 0 Å². The zero-order valence-corrected chi connectivity index (χ0v) is 10.8. The van der Waals surface area contributed by atoms with Gasteiger partial charge in [0.15, 0.2) is 12.4 Å². The van der Waals surface area contributed by atoms with E-state index in [1.165, 1.54) is 0 Å². The van der Waals surface area contributed by atoms with E-state index in [4.69, 9.17) is 15.0 Å². The number of ether oxygens (including phenoxy) is 1. The Labute approximate surface area is 106 Å². The van der Waals surface area contributed by atoms with Crippen molar-refractivity contribution < 1.29 is 9.26 Å². The van der Waals surface area contributed by atoms with E-state index in [2.05, 4.69) is 10.1 Å². The third-order valence-corrected chi connectivity index (χ3v) is 2.58. The summed E-state index contributed by atoms with van der Waals surface area (Å²) in [6.07, 6.45) is 0. The summed E-state index contributed by atoms with van der Waals surface area (Å²) in [6.45, 7) is 5.96. The molecule has 0 fully saturated rings. The maximum absolute atomic E-state index is 5.91. The molecule has 0 bridgehead atoms. The van der Waals surface area contributed by atoms with E-state index >= 15 is 0 Å². The fourth-order valence-corrected chi connectivity index (χ4v) is 1.68. The van der Waals surface area contributed by atoms with E-state index in [0.29, 0.717) is 11.7 Å². The molecule has 2 aromatic rings. The highest BCUT2D eigenvalue weighted by Gasteiger charge is 2.10. The molecule has 1 aromatic carbocycles. The number of aromatic nitrogens is 2. The standard InChI is InChI=1S/C13H17N3O2/c1-8-4-5-11(9(2)14)12(6-8)17-7-13-15-10(3)16-18-13/h4-6,9H,7,14H2,1-3H3/t9-/m0/s1. The molecule has 0 aliphatic heterocycles. The lowest BCUT2D eigenvalue weighted by Gasteiger charge is -2.13. The second-order valence-electron chi connectivity index (χ2n) is 4.35. The molecule has 0 spiro atoms. The quantitative estimate of drug-likeness (QED) is 0.897. The maximum Gasteiger partial charge on any atom is 0.264 e. The van der Waals surface area contributed by atoms with Crippen LogP contribution in [0.3, 0.4) is 0 Å². The number of nitrogens with zero attached hydrogens (tertiary/aromatic N) is 2. The summed E-state index contributed by atoms with van der Waals surface area (Å²) < 4.78 is 10.7. The topological polar surface area (TPSA) is 74.2 Å². The fourth-order valence-electron chi connectivity index (χ4n) is 1.68. The van der Waals surface area contributed by atoms with E-state index in [-0.39, 0.29) is 12.6 Å². The number of hydrogen-bond donors (Lipinski definition) is 1. The Hall–Kier alpha value is -1.88. The molecule has 0 saturated carbocycles. The monoisotopic (exact) mass is 247 g/mol. The second kappa shape index (κ2) is 5.18. The lowest BCUT2D eigenvalue weighted by atomic mass is 10.1. The number of aryl methyl sites for hydroxylation is 2. The van der Waals surface area contributed by atoms with Crippen LogP contribution in [0.1, 0.15) is 35.8 Å². The van der Waals surface area contributed by atoms with Crippen molar-refractivity contribution in [1.82, 2.24) is 10.1 Å². The molecule has 96 valence electrons.